The summed E-state index contributed by atoms with van der Waals surface area (Å²) in [6.07, 6.45) is 0. The Hall–Kier alpha value is -4.37. The Bertz CT molecular complexity index is 1540. The smallest absolute Gasteiger partial charge is 0.251 e. The first kappa shape index (κ1) is 28.2. The summed E-state index contributed by atoms with van der Waals surface area (Å²) in [6, 6.07) is 21.9. The largest absolute Gasteiger partial charge is 0.454 e. The first-order valence-electron chi connectivity index (χ1n) is 13.3. The number of rotatable bonds is 9. The maximum absolute atomic E-state index is 14.0. The van der Waals surface area contributed by atoms with Crippen molar-refractivity contribution in [1.29, 1.82) is 0 Å². The molecule has 5 rings (SSSR count). The van der Waals surface area contributed by atoms with Gasteiger partial charge in [0, 0.05) is 29.7 Å². The van der Waals surface area contributed by atoms with Gasteiger partial charge in [-0.3, -0.25) is 9.59 Å². The van der Waals surface area contributed by atoms with Crippen molar-refractivity contribution in [2.45, 2.75) is 45.4 Å². The van der Waals surface area contributed by atoms with Gasteiger partial charge in [-0.15, -0.1) is 0 Å². The Morgan fingerprint density at radius 2 is 1.49 bits per heavy atom. The van der Waals surface area contributed by atoms with Gasteiger partial charge in [0.15, 0.2) is 16.7 Å². The van der Waals surface area contributed by atoms with Gasteiger partial charge >= 0.3 is 0 Å². The summed E-state index contributed by atoms with van der Waals surface area (Å²) < 4.78 is 10.9. The number of anilines is 1. The van der Waals surface area contributed by atoms with Crippen LogP contribution in [0.4, 0.5) is 5.69 Å². The van der Waals surface area contributed by atoms with Crippen molar-refractivity contribution in [3.8, 4) is 11.5 Å². The van der Waals surface area contributed by atoms with Gasteiger partial charge in [-0.25, -0.2) is 9.97 Å². The number of hydrogen-bond acceptors (Lipinski definition) is 7. The van der Waals surface area contributed by atoms with E-state index < -0.39 is 6.04 Å². The third-order valence-corrected chi connectivity index (χ3v) is 7.51. The van der Waals surface area contributed by atoms with Crippen LogP contribution in [0.5, 0.6) is 11.5 Å². The SMILES string of the molecule is Cc1ccc(CN(C(=O)CSc2nc(C)cc(C)n2)C(C(=O)Nc2ccc3c(c2)OCO3)c2ccc(C)cc2)cc1. The van der Waals surface area contributed by atoms with Gasteiger partial charge in [-0.1, -0.05) is 71.4 Å². The molecule has 1 N–H and O–H groups in total. The van der Waals surface area contributed by atoms with E-state index in [2.05, 4.69) is 15.3 Å². The van der Waals surface area contributed by atoms with E-state index in [1.807, 2.05) is 82.3 Å². The molecule has 1 aromatic heterocycles. The number of hydrogen-bond donors (Lipinski definition) is 1. The standard InChI is InChI=1S/C32H32N4O4S/c1-20-5-9-24(10-6-20)17-36(29(37)18-41-32-33-22(3)15-23(4)34-32)30(25-11-7-21(2)8-12-25)31(38)35-26-13-14-27-28(16-26)40-19-39-27/h5-16,30H,17-19H2,1-4H3,(H,35,38). The van der Waals surface area contributed by atoms with E-state index in [1.165, 1.54) is 11.8 Å². The number of nitrogens with zero attached hydrogens (tertiary/aromatic N) is 3. The predicted molar refractivity (Wildman–Crippen MR) is 159 cm³/mol. The van der Waals surface area contributed by atoms with Crippen molar-refractivity contribution in [3.05, 3.63) is 106 Å². The minimum atomic E-state index is -0.893. The van der Waals surface area contributed by atoms with Crippen LogP contribution in [-0.2, 0) is 16.1 Å². The molecule has 0 bridgehead atoms. The molecule has 210 valence electrons. The molecule has 1 atom stereocenters. The molecule has 2 heterocycles. The second kappa shape index (κ2) is 12.4. The Kier molecular flexibility index (Phi) is 8.54. The van der Waals surface area contributed by atoms with Crippen LogP contribution in [0, 0.1) is 27.7 Å². The highest BCUT2D eigenvalue weighted by Crippen LogP contribution is 2.35. The van der Waals surface area contributed by atoms with Crippen LogP contribution in [0.15, 0.2) is 78.0 Å². The fourth-order valence-corrected chi connectivity index (χ4v) is 5.42. The molecule has 1 aliphatic heterocycles. The minimum absolute atomic E-state index is 0.0778. The van der Waals surface area contributed by atoms with E-state index in [9.17, 15) is 9.59 Å². The zero-order valence-corrected chi connectivity index (χ0v) is 24.3. The molecule has 2 amide bonds. The molecular weight excluding hydrogens is 536 g/mol. The predicted octanol–water partition coefficient (Wildman–Crippen LogP) is 5.94. The van der Waals surface area contributed by atoms with Gasteiger partial charge in [0.2, 0.25) is 12.7 Å². The molecule has 41 heavy (non-hydrogen) atoms. The highest BCUT2D eigenvalue weighted by molar-refractivity contribution is 7.99. The van der Waals surface area contributed by atoms with Gasteiger partial charge < -0.3 is 19.7 Å². The Morgan fingerprint density at radius 3 is 2.17 bits per heavy atom. The molecular formula is C32H32N4O4S. The van der Waals surface area contributed by atoms with Crippen LogP contribution in [0.3, 0.4) is 0 Å². The fourth-order valence-electron chi connectivity index (χ4n) is 4.59. The van der Waals surface area contributed by atoms with E-state index in [4.69, 9.17) is 9.47 Å². The van der Waals surface area contributed by atoms with Crippen molar-refractivity contribution < 1.29 is 19.1 Å². The Balaban J connectivity index is 1.48. The van der Waals surface area contributed by atoms with Crippen molar-refractivity contribution in [3.63, 3.8) is 0 Å². The number of aromatic nitrogens is 2. The fraction of sp³-hybridized carbons (Fsp3) is 0.250. The topological polar surface area (TPSA) is 93.7 Å². The third-order valence-electron chi connectivity index (χ3n) is 6.67. The molecule has 0 spiro atoms. The average molecular weight is 569 g/mol. The first-order chi connectivity index (χ1) is 19.7. The summed E-state index contributed by atoms with van der Waals surface area (Å²) in [5, 5.41) is 3.53. The van der Waals surface area contributed by atoms with Crippen molar-refractivity contribution in [1.82, 2.24) is 14.9 Å². The van der Waals surface area contributed by atoms with E-state index in [0.717, 1.165) is 28.1 Å². The molecule has 0 radical (unpaired) electrons. The average Bonchev–Trinajstić information content (AvgIpc) is 3.41. The molecule has 0 fully saturated rings. The maximum atomic E-state index is 14.0. The summed E-state index contributed by atoms with van der Waals surface area (Å²) in [4.78, 5) is 38.6. The summed E-state index contributed by atoms with van der Waals surface area (Å²) in [5.74, 6) is 0.728. The van der Waals surface area contributed by atoms with Crippen LogP contribution >= 0.6 is 11.8 Å². The number of aryl methyl sites for hydroxylation is 4. The van der Waals surface area contributed by atoms with E-state index in [1.54, 1.807) is 23.1 Å². The monoisotopic (exact) mass is 568 g/mol. The number of amides is 2. The summed E-state index contributed by atoms with van der Waals surface area (Å²) in [7, 11) is 0. The minimum Gasteiger partial charge on any atom is -0.454 e. The molecule has 1 unspecified atom stereocenters. The lowest BCUT2D eigenvalue weighted by atomic mass is 10.0. The van der Waals surface area contributed by atoms with Crippen LogP contribution < -0.4 is 14.8 Å². The molecule has 0 saturated carbocycles. The molecule has 3 aromatic carbocycles. The lowest BCUT2D eigenvalue weighted by molar-refractivity contribution is -0.137. The molecule has 9 heteroatoms. The second-order valence-electron chi connectivity index (χ2n) is 10.1. The van der Waals surface area contributed by atoms with Gasteiger partial charge in [-0.2, -0.15) is 0 Å². The van der Waals surface area contributed by atoms with Crippen LogP contribution in [-0.4, -0.2) is 39.2 Å². The van der Waals surface area contributed by atoms with E-state index in [-0.39, 0.29) is 30.9 Å². The molecule has 8 nitrogen and oxygen atoms in total. The maximum Gasteiger partial charge on any atom is 0.251 e. The van der Waals surface area contributed by atoms with Gasteiger partial charge in [0.25, 0.3) is 5.91 Å². The Labute approximate surface area is 244 Å². The van der Waals surface area contributed by atoms with E-state index in [0.29, 0.717) is 27.9 Å². The normalized spacial score (nSPS) is 12.6. The number of carbonyl (C=O) groups excluding carboxylic acids is 2. The lowest BCUT2D eigenvalue weighted by Crippen LogP contribution is -2.41. The summed E-state index contributed by atoms with van der Waals surface area (Å²) in [6.45, 7) is 8.19. The number of carbonyl (C=O) groups is 2. The number of fused-ring (bicyclic) bond motifs is 1. The summed E-state index contributed by atoms with van der Waals surface area (Å²) in [5.41, 5.74) is 6.03. The van der Waals surface area contributed by atoms with Crippen molar-refractivity contribution in [2.75, 3.05) is 17.9 Å². The zero-order valence-electron chi connectivity index (χ0n) is 23.5. The molecule has 0 saturated heterocycles. The molecule has 4 aromatic rings. The number of benzene rings is 3. The number of nitrogens with one attached hydrogen (secondary N) is 1. The van der Waals surface area contributed by atoms with Crippen LogP contribution in [0.2, 0.25) is 0 Å². The third kappa shape index (κ3) is 7.05. The van der Waals surface area contributed by atoms with Gasteiger partial charge in [0.1, 0.15) is 6.04 Å². The molecule has 1 aliphatic rings. The molecule has 0 aliphatic carbocycles. The lowest BCUT2D eigenvalue weighted by Gasteiger charge is -2.31. The van der Waals surface area contributed by atoms with Gasteiger partial charge in [-0.05, 0) is 57.0 Å². The highest BCUT2D eigenvalue weighted by atomic mass is 32.2. The van der Waals surface area contributed by atoms with Gasteiger partial charge in [0.05, 0.1) is 5.75 Å². The Morgan fingerprint density at radius 1 is 0.854 bits per heavy atom. The van der Waals surface area contributed by atoms with Crippen molar-refractivity contribution in [2.24, 2.45) is 0 Å². The van der Waals surface area contributed by atoms with Crippen molar-refractivity contribution >= 4 is 29.3 Å². The van der Waals surface area contributed by atoms with Crippen LogP contribution in [0.1, 0.15) is 39.7 Å². The second-order valence-corrected chi connectivity index (χ2v) is 11.0. The van der Waals surface area contributed by atoms with Crippen LogP contribution in [0.25, 0.3) is 0 Å². The number of thioether (sulfide) groups is 1. The summed E-state index contributed by atoms with van der Waals surface area (Å²) >= 11 is 1.27. The quantitative estimate of drug-likeness (QED) is 0.197. The zero-order chi connectivity index (χ0) is 28.9. The number of ether oxygens (including phenoxy) is 2. The van der Waals surface area contributed by atoms with E-state index >= 15 is 0 Å². The first-order valence-corrected chi connectivity index (χ1v) is 14.3. The highest BCUT2D eigenvalue weighted by Gasteiger charge is 2.32.